The topological polar surface area (TPSA) is 133 Å². The highest BCUT2D eigenvalue weighted by molar-refractivity contribution is 7.92. The normalized spacial score (nSPS) is 21.1. The fraction of sp³-hybridized carbons (Fsp3) is 0.526. The van der Waals surface area contributed by atoms with Gasteiger partial charge in [0.25, 0.3) is 0 Å². The number of aliphatic carboxylic acids is 1. The molecular formula is C19H24ClN3O7S2. The maximum atomic E-state index is 12.9. The summed E-state index contributed by atoms with van der Waals surface area (Å²) in [6.07, 6.45) is -0.429. The molecule has 0 aliphatic carbocycles. The van der Waals surface area contributed by atoms with Gasteiger partial charge in [0, 0.05) is 24.5 Å². The van der Waals surface area contributed by atoms with Gasteiger partial charge in [0.15, 0.2) is 0 Å². The summed E-state index contributed by atoms with van der Waals surface area (Å²) in [7, 11) is -3.97. The summed E-state index contributed by atoms with van der Waals surface area (Å²) in [4.78, 5) is 40.5. The number of amides is 2. The molecule has 1 aromatic rings. The lowest BCUT2D eigenvalue weighted by Gasteiger charge is -2.33. The molecule has 10 nitrogen and oxygen atoms in total. The van der Waals surface area contributed by atoms with E-state index in [1.165, 1.54) is 16.2 Å². The quantitative estimate of drug-likeness (QED) is 0.538. The number of carbonyl (C=O) groups is 3. The number of nitrogens with zero attached hydrogens (tertiary/aromatic N) is 2. The van der Waals surface area contributed by atoms with Gasteiger partial charge < -0.3 is 19.6 Å². The largest absolute Gasteiger partial charge is 0.481 e. The number of thiophene rings is 1. The molecule has 2 atom stereocenters. The van der Waals surface area contributed by atoms with Gasteiger partial charge >= 0.3 is 5.97 Å². The molecule has 2 aliphatic heterocycles. The van der Waals surface area contributed by atoms with E-state index < -0.39 is 46.3 Å². The first-order valence-corrected chi connectivity index (χ1v) is 12.7. The minimum atomic E-state index is -3.97. The summed E-state index contributed by atoms with van der Waals surface area (Å²) < 4.78 is 33.3. The number of carbonyl (C=O) groups excluding carboxylic acids is 2. The molecule has 0 bridgehead atoms. The van der Waals surface area contributed by atoms with Crippen molar-refractivity contribution in [3.05, 3.63) is 26.8 Å². The summed E-state index contributed by atoms with van der Waals surface area (Å²) in [6, 6.07) is 1.08. The first-order valence-electron chi connectivity index (χ1n) is 9.92. The lowest BCUT2D eigenvalue weighted by Crippen LogP contribution is -2.54. The van der Waals surface area contributed by atoms with Gasteiger partial charge in [-0.3, -0.25) is 14.4 Å². The summed E-state index contributed by atoms with van der Waals surface area (Å²) in [5.74, 6) is -2.31. The van der Waals surface area contributed by atoms with Crippen molar-refractivity contribution >= 4 is 56.3 Å². The molecule has 1 aromatic heterocycles. The van der Waals surface area contributed by atoms with E-state index in [-0.39, 0.29) is 13.0 Å². The number of carboxylic acids is 1. The van der Waals surface area contributed by atoms with Crippen molar-refractivity contribution < 1.29 is 32.6 Å². The Kier molecular flexibility index (Phi) is 7.93. The number of halogens is 1. The molecule has 0 saturated carbocycles. The van der Waals surface area contributed by atoms with Crippen LogP contribution in [0.1, 0.15) is 24.6 Å². The number of rotatable bonds is 8. The maximum Gasteiger partial charge on any atom is 0.305 e. The van der Waals surface area contributed by atoms with E-state index >= 15 is 0 Å². The van der Waals surface area contributed by atoms with Crippen molar-refractivity contribution in [2.45, 2.75) is 31.8 Å². The number of carboxylic acid groups (broad SMARTS) is 1. The van der Waals surface area contributed by atoms with Gasteiger partial charge in [0.05, 0.1) is 29.4 Å². The van der Waals surface area contributed by atoms with E-state index in [2.05, 4.69) is 4.72 Å². The lowest BCUT2D eigenvalue weighted by atomic mass is 10.1. The average Bonchev–Trinajstić information content (AvgIpc) is 3.32. The van der Waals surface area contributed by atoms with Crippen molar-refractivity contribution in [1.82, 2.24) is 14.5 Å². The Morgan fingerprint density at radius 2 is 2.03 bits per heavy atom. The van der Waals surface area contributed by atoms with E-state index in [1.54, 1.807) is 19.1 Å². The first kappa shape index (κ1) is 24.6. The SMILES string of the molecule is C/C(=C\S(=O)(=O)N[C@H]1CCN([C@@H](CC(=O)O)C(=O)N2CCOCC2)C1=O)c1ccc(Cl)s1. The highest BCUT2D eigenvalue weighted by atomic mass is 35.5. The molecule has 0 aromatic carbocycles. The predicted molar refractivity (Wildman–Crippen MR) is 119 cm³/mol. The Balaban J connectivity index is 1.72. The molecule has 176 valence electrons. The summed E-state index contributed by atoms with van der Waals surface area (Å²) in [6.45, 7) is 2.98. The van der Waals surface area contributed by atoms with Crippen LogP contribution in [0.5, 0.6) is 0 Å². The second-order valence-corrected chi connectivity index (χ2v) is 10.8. The highest BCUT2D eigenvalue weighted by Crippen LogP contribution is 2.28. The van der Waals surface area contributed by atoms with E-state index in [4.69, 9.17) is 16.3 Å². The van der Waals surface area contributed by atoms with E-state index in [0.29, 0.717) is 41.1 Å². The summed E-state index contributed by atoms with van der Waals surface area (Å²) in [5, 5.41) is 10.3. The van der Waals surface area contributed by atoms with Gasteiger partial charge in [0.2, 0.25) is 21.8 Å². The van der Waals surface area contributed by atoms with E-state index in [0.717, 1.165) is 10.3 Å². The smallest absolute Gasteiger partial charge is 0.305 e. The Bertz CT molecular complexity index is 1020. The molecule has 2 aliphatic rings. The molecule has 0 radical (unpaired) electrons. The standard InChI is InChI=1S/C19H24ClN3O7S2/c1-12(15-2-3-16(20)31-15)11-32(28,29)21-13-4-5-23(18(13)26)14(10-17(24)25)19(27)22-6-8-30-9-7-22/h2-3,11,13-14,21H,4-10H2,1H3,(H,24,25)/b12-11+/t13-,14-/m0/s1. The molecular weight excluding hydrogens is 482 g/mol. The fourth-order valence-electron chi connectivity index (χ4n) is 3.66. The van der Waals surface area contributed by atoms with E-state index in [1.807, 2.05) is 0 Å². The van der Waals surface area contributed by atoms with Crippen molar-refractivity contribution in [3.63, 3.8) is 0 Å². The number of hydrogen-bond donors (Lipinski definition) is 2. The van der Waals surface area contributed by atoms with Gasteiger partial charge in [-0.25, -0.2) is 8.42 Å². The molecule has 2 saturated heterocycles. The minimum Gasteiger partial charge on any atom is -0.481 e. The monoisotopic (exact) mass is 505 g/mol. The van der Waals surface area contributed by atoms with Crippen LogP contribution in [0.2, 0.25) is 4.34 Å². The van der Waals surface area contributed by atoms with Gasteiger partial charge in [-0.1, -0.05) is 11.6 Å². The molecule has 2 fully saturated rings. The van der Waals surface area contributed by atoms with Crippen LogP contribution in [0, 0.1) is 0 Å². The van der Waals surface area contributed by atoms with Crippen LogP contribution in [0.4, 0.5) is 0 Å². The third kappa shape index (κ3) is 6.07. The van der Waals surface area contributed by atoms with Crippen LogP contribution in [-0.4, -0.2) is 86.0 Å². The molecule has 32 heavy (non-hydrogen) atoms. The third-order valence-corrected chi connectivity index (χ3v) is 7.84. The first-order chi connectivity index (χ1) is 15.1. The number of nitrogens with one attached hydrogen (secondary N) is 1. The van der Waals surface area contributed by atoms with Crippen molar-refractivity contribution in [3.8, 4) is 0 Å². The second-order valence-electron chi connectivity index (χ2n) is 7.49. The number of allylic oxidation sites excluding steroid dienone is 1. The number of sulfonamides is 1. The zero-order chi connectivity index (χ0) is 23.5. The number of hydrogen-bond acceptors (Lipinski definition) is 7. The van der Waals surface area contributed by atoms with Gasteiger partial charge in [-0.15, -0.1) is 11.3 Å². The van der Waals surface area contributed by atoms with Gasteiger partial charge in [-0.05, 0) is 31.1 Å². The Hall–Kier alpha value is -1.99. The van der Waals surface area contributed by atoms with Crippen molar-refractivity contribution in [2.24, 2.45) is 0 Å². The number of ether oxygens (including phenoxy) is 1. The zero-order valence-electron chi connectivity index (χ0n) is 17.3. The number of likely N-dealkylation sites (tertiary alicyclic amines) is 1. The van der Waals surface area contributed by atoms with Crippen LogP contribution in [0.25, 0.3) is 5.57 Å². The maximum absolute atomic E-state index is 12.9. The van der Waals surface area contributed by atoms with E-state index in [9.17, 15) is 27.9 Å². The van der Waals surface area contributed by atoms with Crippen LogP contribution < -0.4 is 4.72 Å². The Morgan fingerprint density at radius 1 is 1.34 bits per heavy atom. The molecule has 0 spiro atoms. The van der Waals surface area contributed by atoms with Crippen LogP contribution >= 0.6 is 22.9 Å². The van der Waals surface area contributed by atoms with Crippen LogP contribution in [0.15, 0.2) is 17.5 Å². The van der Waals surface area contributed by atoms with Crippen molar-refractivity contribution in [2.75, 3.05) is 32.8 Å². The molecule has 3 rings (SSSR count). The Labute approximate surface area is 194 Å². The van der Waals surface area contributed by atoms with Crippen LogP contribution in [0.3, 0.4) is 0 Å². The molecule has 2 N–H and O–H groups in total. The Morgan fingerprint density at radius 3 is 2.62 bits per heavy atom. The average molecular weight is 506 g/mol. The summed E-state index contributed by atoms with van der Waals surface area (Å²) >= 11 is 7.12. The molecule has 13 heteroatoms. The second kappa shape index (κ2) is 10.3. The van der Waals surface area contributed by atoms with Crippen molar-refractivity contribution in [1.29, 1.82) is 0 Å². The lowest BCUT2D eigenvalue weighted by molar-refractivity contribution is -0.151. The number of morpholine rings is 1. The zero-order valence-corrected chi connectivity index (χ0v) is 19.7. The minimum absolute atomic E-state index is 0.0727. The van der Waals surface area contributed by atoms with Gasteiger partial charge in [-0.2, -0.15) is 4.72 Å². The third-order valence-electron chi connectivity index (χ3n) is 5.19. The molecule has 2 amide bonds. The summed E-state index contributed by atoms with van der Waals surface area (Å²) in [5.41, 5.74) is 0.461. The van der Waals surface area contributed by atoms with Gasteiger partial charge in [0.1, 0.15) is 12.1 Å². The predicted octanol–water partition coefficient (Wildman–Crippen LogP) is 0.985. The molecule has 0 unspecified atom stereocenters. The highest BCUT2D eigenvalue weighted by Gasteiger charge is 2.42. The fourth-order valence-corrected chi connectivity index (χ4v) is 6.03. The molecule has 3 heterocycles. The van der Waals surface area contributed by atoms with Crippen LogP contribution in [-0.2, 0) is 29.1 Å².